The Hall–Kier alpha value is -2.83. The second-order valence-corrected chi connectivity index (χ2v) is 7.34. The monoisotopic (exact) mass is 472 g/mol. The molecule has 0 saturated heterocycles. The van der Waals surface area contributed by atoms with Gasteiger partial charge in [0.15, 0.2) is 6.61 Å². The fourth-order valence-corrected chi connectivity index (χ4v) is 2.96. The summed E-state index contributed by atoms with van der Waals surface area (Å²) >= 11 is 9.26. The topological polar surface area (TPSA) is 59.9 Å². The molecule has 148 valence electrons. The molecule has 0 saturated carbocycles. The predicted molar refractivity (Wildman–Crippen MR) is 118 cm³/mol. The molecule has 3 aromatic rings. The van der Waals surface area contributed by atoms with Crippen LogP contribution in [0.3, 0.4) is 0 Å². The third-order valence-electron chi connectivity index (χ3n) is 3.78. The van der Waals surface area contributed by atoms with Crippen LogP contribution in [0.15, 0.2) is 82.4 Å². The number of hydrazone groups is 1. The summed E-state index contributed by atoms with van der Waals surface area (Å²) in [5.74, 6) is 0.853. The van der Waals surface area contributed by atoms with Gasteiger partial charge in [0.2, 0.25) is 0 Å². The fraction of sp³-hybridized carbons (Fsp3) is 0.0909. The molecule has 0 aliphatic carbocycles. The van der Waals surface area contributed by atoms with E-state index in [2.05, 4.69) is 26.5 Å². The van der Waals surface area contributed by atoms with E-state index in [1.165, 1.54) is 6.21 Å². The zero-order valence-corrected chi connectivity index (χ0v) is 17.7. The molecule has 0 bridgehead atoms. The van der Waals surface area contributed by atoms with Crippen LogP contribution in [-0.4, -0.2) is 18.7 Å². The normalized spacial score (nSPS) is 10.7. The molecule has 3 aromatic carbocycles. The van der Waals surface area contributed by atoms with E-state index in [-0.39, 0.29) is 12.5 Å². The molecule has 0 aromatic heterocycles. The van der Waals surface area contributed by atoms with Crippen molar-refractivity contribution in [1.29, 1.82) is 0 Å². The fourth-order valence-electron chi connectivity index (χ4n) is 2.39. The summed E-state index contributed by atoms with van der Waals surface area (Å²) in [5, 5.41) is 4.59. The Labute approximate surface area is 182 Å². The highest BCUT2D eigenvalue weighted by atomic mass is 79.9. The standard InChI is InChI=1S/C22H18BrClN2O3/c23-18-6-3-4-16(12-18)14-29-21-7-2-1-5-17(21)13-25-26-22(27)15-28-20-10-8-19(24)9-11-20/h1-13H,14-15H2,(H,26,27)/b25-13+. The van der Waals surface area contributed by atoms with Gasteiger partial charge in [0.25, 0.3) is 5.91 Å². The van der Waals surface area contributed by atoms with Gasteiger partial charge in [-0.25, -0.2) is 5.43 Å². The van der Waals surface area contributed by atoms with Crippen LogP contribution in [0.2, 0.25) is 5.02 Å². The third kappa shape index (κ3) is 6.93. The molecule has 0 atom stereocenters. The third-order valence-corrected chi connectivity index (χ3v) is 4.52. The molecular weight excluding hydrogens is 456 g/mol. The quantitative estimate of drug-likeness (QED) is 0.361. The van der Waals surface area contributed by atoms with E-state index < -0.39 is 0 Å². The van der Waals surface area contributed by atoms with E-state index in [1.807, 2.05) is 48.5 Å². The largest absolute Gasteiger partial charge is 0.488 e. The smallest absolute Gasteiger partial charge is 0.277 e. The number of benzene rings is 3. The number of nitrogens with one attached hydrogen (secondary N) is 1. The van der Waals surface area contributed by atoms with E-state index in [4.69, 9.17) is 21.1 Å². The van der Waals surface area contributed by atoms with Crippen LogP contribution >= 0.6 is 27.5 Å². The van der Waals surface area contributed by atoms with Gasteiger partial charge >= 0.3 is 0 Å². The molecule has 29 heavy (non-hydrogen) atoms. The van der Waals surface area contributed by atoms with E-state index >= 15 is 0 Å². The Balaban J connectivity index is 1.52. The van der Waals surface area contributed by atoms with Crippen molar-refractivity contribution in [2.24, 2.45) is 5.10 Å². The molecule has 0 unspecified atom stereocenters. The maximum atomic E-state index is 11.9. The Kier molecular flexibility index (Phi) is 7.67. The number of carbonyl (C=O) groups is 1. The summed E-state index contributed by atoms with van der Waals surface area (Å²) in [5.41, 5.74) is 4.23. The van der Waals surface area contributed by atoms with Crippen molar-refractivity contribution in [1.82, 2.24) is 5.43 Å². The zero-order valence-electron chi connectivity index (χ0n) is 15.3. The lowest BCUT2D eigenvalue weighted by atomic mass is 10.2. The van der Waals surface area contributed by atoms with Crippen molar-refractivity contribution in [3.05, 3.63) is 93.4 Å². The van der Waals surface area contributed by atoms with Crippen LogP contribution in [0.4, 0.5) is 0 Å². The lowest BCUT2D eigenvalue weighted by Crippen LogP contribution is -2.24. The number of rotatable bonds is 8. The number of nitrogens with zero attached hydrogens (tertiary/aromatic N) is 1. The second kappa shape index (κ2) is 10.6. The number of halogens is 2. The Morgan fingerprint density at radius 3 is 2.62 bits per heavy atom. The van der Waals surface area contributed by atoms with Gasteiger partial charge in [-0.2, -0.15) is 5.10 Å². The minimum absolute atomic E-state index is 0.153. The van der Waals surface area contributed by atoms with Gasteiger partial charge in [0.05, 0.1) is 6.21 Å². The molecule has 7 heteroatoms. The van der Waals surface area contributed by atoms with Crippen molar-refractivity contribution in [2.45, 2.75) is 6.61 Å². The first-order valence-electron chi connectivity index (χ1n) is 8.77. The SMILES string of the molecule is O=C(COc1ccc(Cl)cc1)N/N=C/c1ccccc1OCc1cccc(Br)c1. The highest BCUT2D eigenvalue weighted by molar-refractivity contribution is 9.10. The predicted octanol–water partition coefficient (Wildman–Crippen LogP) is 5.21. The highest BCUT2D eigenvalue weighted by Crippen LogP contribution is 2.19. The van der Waals surface area contributed by atoms with Crippen LogP contribution in [0.1, 0.15) is 11.1 Å². The number of hydrogen-bond acceptors (Lipinski definition) is 4. The average Bonchev–Trinajstić information content (AvgIpc) is 2.73. The first kappa shape index (κ1) is 20.9. The van der Waals surface area contributed by atoms with Gasteiger partial charge in [-0.3, -0.25) is 4.79 Å². The first-order chi connectivity index (χ1) is 14.1. The summed E-state index contributed by atoms with van der Waals surface area (Å²) < 4.78 is 12.3. The maximum absolute atomic E-state index is 11.9. The lowest BCUT2D eigenvalue weighted by molar-refractivity contribution is -0.123. The van der Waals surface area contributed by atoms with Gasteiger partial charge in [0, 0.05) is 15.1 Å². The average molecular weight is 474 g/mol. The number of para-hydroxylation sites is 1. The molecular formula is C22H18BrClN2O3. The minimum Gasteiger partial charge on any atom is -0.488 e. The van der Waals surface area contributed by atoms with E-state index in [0.717, 1.165) is 15.6 Å². The molecule has 0 heterocycles. The van der Waals surface area contributed by atoms with Gasteiger partial charge in [-0.05, 0) is 54.1 Å². The molecule has 0 fully saturated rings. The molecule has 0 radical (unpaired) electrons. The number of amides is 1. The molecule has 0 spiro atoms. The number of hydrogen-bond donors (Lipinski definition) is 1. The van der Waals surface area contributed by atoms with Crippen LogP contribution in [0, 0.1) is 0 Å². The molecule has 3 rings (SSSR count). The van der Waals surface area contributed by atoms with E-state index in [1.54, 1.807) is 24.3 Å². The molecule has 0 aliphatic rings. The summed E-state index contributed by atoms with van der Waals surface area (Å²) in [6.45, 7) is 0.269. The number of ether oxygens (including phenoxy) is 2. The molecule has 0 aliphatic heterocycles. The van der Waals surface area contributed by atoms with Crippen molar-refractivity contribution < 1.29 is 14.3 Å². The van der Waals surface area contributed by atoms with Gasteiger partial charge in [-0.1, -0.05) is 51.8 Å². The van der Waals surface area contributed by atoms with Gasteiger partial charge < -0.3 is 9.47 Å². The Morgan fingerprint density at radius 2 is 1.83 bits per heavy atom. The maximum Gasteiger partial charge on any atom is 0.277 e. The molecule has 1 amide bonds. The van der Waals surface area contributed by atoms with Crippen molar-refractivity contribution >= 4 is 39.7 Å². The first-order valence-corrected chi connectivity index (χ1v) is 9.94. The van der Waals surface area contributed by atoms with Crippen LogP contribution < -0.4 is 14.9 Å². The van der Waals surface area contributed by atoms with E-state index in [0.29, 0.717) is 23.1 Å². The number of carbonyl (C=O) groups excluding carboxylic acids is 1. The van der Waals surface area contributed by atoms with Crippen LogP contribution in [0.5, 0.6) is 11.5 Å². The Morgan fingerprint density at radius 1 is 1.03 bits per heavy atom. The van der Waals surface area contributed by atoms with Crippen molar-refractivity contribution in [3.8, 4) is 11.5 Å². The van der Waals surface area contributed by atoms with E-state index in [9.17, 15) is 4.79 Å². The lowest BCUT2D eigenvalue weighted by Gasteiger charge is -2.09. The van der Waals surface area contributed by atoms with Crippen LogP contribution in [0.25, 0.3) is 0 Å². The van der Waals surface area contributed by atoms with Gasteiger partial charge in [0.1, 0.15) is 18.1 Å². The summed E-state index contributed by atoms with van der Waals surface area (Å²) in [4.78, 5) is 11.9. The summed E-state index contributed by atoms with van der Waals surface area (Å²) in [6.07, 6.45) is 1.54. The second-order valence-electron chi connectivity index (χ2n) is 5.99. The van der Waals surface area contributed by atoms with Crippen molar-refractivity contribution in [3.63, 3.8) is 0 Å². The highest BCUT2D eigenvalue weighted by Gasteiger charge is 2.04. The van der Waals surface area contributed by atoms with Crippen LogP contribution in [-0.2, 0) is 11.4 Å². The zero-order chi connectivity index (χ0) is 20.5. The molecule has 1 N–H and O–H groups in total. The summed E-state index contributed by atoms with van der Waals surface area (Å²) in [7, 11) is 0. The summed E-state index contributed by atoms with van der Waals surface area (Å²) in [6, 6.07) is 22.1. The van der Waals surface area contributed by atoms with Gasteiger partial charge in [-0.15, -0.1) is 0 Å². The Bertz CT molecular complexity index is 993. The minimum atomic E-state index is -0.372. The van der Waals surface area contributed by atoms with Crippen molar-refractivity contribution in [2.75, 3.05) is 6.61 Å². The molecule has 5 nitrogen and oxygen atoms in total.